The lowest BCUT2D eigenvalue weighted by Crippen LogP contribution is -2.29. The molecule has 1 aromatic carbocycles. The lowest BCUT2D eigenvalue weighted by Gasteiger charge is -2.14. The molecule has 0 aliphatic rings. The van der Waals surface area contributed by atoms with E-state index in [9.17, 15) is 4.79 Å². The summed E-state index contributed by atoms with van der Waals surface area (Å²) in [5.74, 6) is 0.655. The monoisotopic (exact) mass is 361 g/mol. The summed E-state index contributed by atoms with van der Waals surface area (Å²) in [6.45, 7) is 13.1. The van der Waals surface area contributed by atoms with E-state index in [2.05, 4.69) is 46.9 Å². The van der Waals surface area contributed by atoms with Gasteiger partial charge in [0, 0.05) is 11.6 Å². The maximum Gasteiger partial charge on any atom is 0.255 e. The molecule has 0 aliphatic carbocycles. The van der Waals surface area contributed by atoms with E-state index in [1.165, 1.54) is 0 Å². The molecule has 2 rings (SSSR count). The molecule has 0 radical (unpaired) electrons. The summed E-state index contributed by atoms with van der Waals surface area (Å²) >= 11 is 6.16. The molecule has 1 aromatic heterocycles. The third-order valence-corrected chi connectivity index (χ3v) is 4.23. The summed E-state index contributed by atoms with van der Waals surface area (Å²) in [5, 5.41) is 8.49. The van der Waals surface area contributed by atoms with E-state index in [4.69, 9.17) is 16.7 Å². The normalized spacial score (nSPS) is 11.6. The second-order valence-electron chi connectivity index (χ2n) is 7.45. The molecule has 0 saturated carbocycles. The standard InChI is InChI=1S/C20H28ClN3O/c1-12(2)11-22-20(25)17-18(13(3)4)23-24(19(17)14(5)6)16-9-7-8-15(21)10-16/h7-10,12-14H,11H2,1-6H3,(H,22,25). The quantitative estimate of drug-likeness (QED) is 0.772. The fourth-order valence-electron chi connectivity index (χ4n) is 2.81. The summed E-state index contributed by atoms with van der Waals surface area (Å²) in [6, 6.07) is 7.57. The van der Waals surface area contributed by atoms with Gasteiger partial charge < -0.3 is 5.32 Å². The van der Waals surface area contributed by atoms with Gasteiger partial charge in [-0.15, -0.1) is 0 Å². The molecular formula is C20H28ClN3O. The number of hydrogen-bond acceptors (Lipinski definition) is 2. The van der Waals surface area contributed by atoms with Gasteiger partial charge in [-0.2, -0.15) is 5.10 Å². The van der Waals surface area contributed by atoms with Crippen LogP contribution in [0.5, 0.6) is 0 Å². The van der Waals surface area contributed by atoms with Gasteiger partial charge in [-0.05, 0) is 36.0 Å². The van der Waals surface area contributed by atoms with Gasteiger partial charge in [-0.1, -0.05) is 59.2 Å². The third kappa shape index (κ3) is 4.43. The van der Waals surface area contributed by atoms with E-state index in [-0.39, 0.29) is 17.7 Å². The molecule has 2 aromatic rings. The van der Waals surface area contributed by atoms with Crippen molar-refractivity contribution in [3.8, 4) is 5.69 Å². The number of benzene rings is 1. The molecule has 0 bridgehead atoms. The van der Waals surface area contributed by atoms with Crippen LogP contribution in [0.2, 0.25) is 5.02 Å². The Bertz CT molecular complexity index is 747. The molecule has 0 saturated heterocycles. The molecule has 0 spiro atoms. The van der Waals surface area contributed by atoms with Gasteiger partial charge in [0.25, 0.3) is 5.91 Å². The fourth-order valence-corrected chi connectivity index (χ4v) is 2.99. The third-order valence-electron chi connectivity index (χ3n) is 3.99. The summed E-state index contributed by atoms with van der Waals surface area (Å²) in [4.78, 5) is 12.9. The first-order valence-corrected chi connectivity index (χ1v) is 9.27. The van der Waals surface area contributed by atoms with Crippen molar-refractivity contribution in [1.82, 2.24) is 15.1 Å². The number of nitrogens with one attached hydrogen (secondary N) is 1. The van der Waals surface area contributed by atoms with Crippen molar-refractivity contribution in [2.45, 2.75) is 53.4 Å². The minimum atomic E-state index is -0.0469. The first-order chi connectivity index (χ1) is 11.7. The molecular weight excluding hydrogens is 334 g/mol. The van der Waals surface area contributed by atoms with Crippen LogP contribution in [0.3, 0.4) is 0 Å². The number of amides is 1. The minimum Gasteiger partial charge on any atom is -0.352 e. The number of aromatic nitrogens is 2. The summed E-state index contributed by atoms with van der Waals surface area (Å²) in [7, 11) is 0. The van der Waals surface area contributed by atoms with E-state index >= 15 is 0 Å². The van der Waals surface area contributed by atoms with Crippen LogP contribution >= 0.6 is 11.6 Å². The van der Waals surface area contributed by atoms with Crippen molar-refractivity contribution in [2.24, 2.45) is 5.92 Å². The lowest BCUT2D eigenvalue weighted by atomic mass is 9.98. The van der Waals surface area contributed by atoms with Crippen molar-refractivity contribution in [2.75, 3.05) is 6.54 Å². The Balaban J connectivity index is 2.62. The van der Waals surface area contributed by atoms with Gasteiger partial charge in [0.15, 0.2) is 0 Å². The van der Waals surface area contributed by atoms with Gasteiger partial charge >= 0.3 is 0 Å². The van der Waals surface area contributed by atoms with Crippen LogP contribution in [0.4, 0.5) is 0 Å². The molecule has 25 heavy (non-hydrogen) atoms. The second-order valence-corrected chi connectivity index (χ2v) is 7.89. The minimum absolute atomic E-state index is 0.0469. The van der Waals surface area contributed by atoms with Gasteiger partial charge in [0.1, 0.15) is 0 Å². The van der Waals surface area contributed by atoms with E-state index < -0.39 is 0 Å². The molecule has 1 amide bonds. The molecule has 1 N–H and O–H groups in total. The Labute approximate surface area is 155 Å². The van der Waals surface area contributed by atoms with Crippen molar-refractivity contribution >= 4 is 17.5 Å². The zero-order chi connectivity index (χ0) is 18.7. The van der Waals surface area contributed by atoms with Gasteiger partial charge in [-0.25, -0.2) is 4.68 Å². The van der Waals surface area contributed by atoms with Crippen LogP contribution in [0, 0.1) is 5.92 Å². The van der Waals surface area contributed by atoms with Crippen molar-refractivity contribution in [1.29, 1.82) is 0 Å². The summed E-state index contributed by atoms with van der Waals surface area (Å²) < 4.78 is 1.87. The number of carbonyl (C=O) groups is 1. The van der Waals surface area contributed by atoms with E-state index in [1.807, 2.05) is 28.9 Å². The summed E-state index contributed by atoms with van der Waals surface area (Å²) in [5.41, 5.74) is 3.32. The van der Waals surface area contributed by atoms with Crippen LogP contribution in [-0.4, -0.2) is 22.2 Å². The first-order valence-electron chi connectivity index (χ1n) is 8.89. The van der Waals surface area contributed by atoms with Crippen LogP contribution in [0.15, 0.2) is 24.3 Å². The SMILES string of the molecule is CC(C)CNC(=O)c1c(C(C)C)nn(-c2cccc(Cl)c2)c1C(C)C. The molecule has 0 aliphatic heterocycles. The summed E-state index contributed by atoms with van der Waals surface area (Å²) in [6.07, 6.45) is 0. The topological polar surface area (TPSA) is 46.9 Å². The van der Waals surface area contributed by atoms with Crippen molar-refractivity contribution < 1.29 is 4.79 Å². The highest BCUT2D eigenvalue weighted by Crippen LogP contribution is 2.30. The number of hydrogen-bond donors (Lipinski definition) is 1. The van der Waals surface area contributed by atoms with E-state index in [0.717, 1.165) is 17.1 Å². The van der Waals surface area contributed by atoms with Gasteiger partial charge in [0.05, 0.1) is 22.6 Å². The predicted octanol–water partition coefficient (Wildman–Crippen LogP) is 5.16. The Hall–Kier alpha value is -1.81. The van der Waals surface area contributed by atoms with Crippen molar-refractivity contribution in [3.63, 3.8) is 0 Å². The van der Waals surface area contributed by atoms with E-state index in [1.54, 1.807) is 0 Å². The molecule has 5 heteroatoms. The Morgan fingerprint density at radius 1 is 1.16 bits per heavy atom. The van der Waals surface area contributed by atoms with E-state index in [0.29, 0.717) is 23.0 Å². The molecule has 0 unspecified atom stereocenters. The van der Waals surface area contributed by atoms with Crippen LogP contribution in [0.1, 0.15) is 75.1 Å². The second kappa shape index (κ2) is 8.05. The number of rotatable bonds is 6. The van der Waals surface area contributed by atoms with Crippen LogP contribution < -0.4 is 5.32 Å². The highest BCUT2D eigenvalue weighted by Gasteiger charge is 2.27. The zero-order valence-corrected chi connectivity index (χ0v) is 16.7. The van der Waals surface area contributed by atoms with Crippen molar-refractivity contribution in [3.05, 3.63) is 46.2 Å². The predicted molar refractivity (Wildman–Crippen MR) is 104 cm³/mol. The first kappa shape index (κ1) is 19.5. The number of nitrogens with zero attached hydrogens (tertiary/aromatic N) is 2. The molecule has 4 nitrogen and oxygen atoms in total. The zero-order valence-electron chi connectivity index (χ0n) is 15.9. The number of carbonyl (C=O) groups excluding carboxylic acids is 1. The Kier molecular flexibility index (Phi) is 6.28. The van der Waals surface area contributed by atoms with Gasteiger partial charge in [-0.3, -0.25) is 4.79 Å². The highest BCUT2D eigenvalue weighted by molar-refractivity contribution is 6.30. The molecule has 1 heterocycles. The lowest BCUT2D eigenvalue weighted by molar-refractivity contribution is 0.0946. The fraction of sp³-hybridized carbons (Fsp3) is 0.500. The highest BCUT2D eigenvalue weighted by atomic mass is 35.5. The average molecular weight is 362 g/mol. The van der Waals surface area contributed by atoms with Crippen LogP contribution in [0.25, 0.3) is 5.69 Å². The average Bonchev–Trinajstić information content (AvgIpc) is 2.93. The molecule has 0 fully saturated rings. The Morgan fingerprint density at radius 3 is 2.36 bits per heavy atom. The van der Waals surface area contributed by atoms with Crippen LogP contribution in [-0.2, 0) is 0 Å². The van der Waals surface area contributed by atoms with Gasteiger partial charge in [0.2, 0.25) is 0 Å². The number of halogens is 1. The largest absolute Gasteiger partial charge is 0.352 e. The molecule has 0 atom stereocenters. The maximum atomic E-state index is 12.9. The smallest absolute Gasteiger partial charge is 0.255 e. The maximum absolute atomic E-state index is 12.9. The Morgan fingerprint density at radius 2 is 1.84 bits per heavy atom. The molecule has 136 valence electrons.